The monoisotopic (exact) mass is 299 g/mol. The molecule has 20 heavy (non-hydrogen) atoms. The van der Waals surface area contributed by atoms with Crippen molar-refractivity contribution in [3.05, 3.63) is 23.4 Å². The summed E-state index contributed by atoms with van der Waals surface area (Å²) < 4.78 is 28.3. The molecule has 110 valence electrons. The van der Waals surface area contributed by atoms with Crippen LogP contribution in [0.1, 0.15) is 17.1 Å². The van der Waals surface area contributed by atoms with Crippen molar-refractivity contribution >= 4 is 10.0 Å². The van der Waals surface area contributed by atoms with Gasteiger partial charge < -0.3 is 5.73 Å². The zero-order chi connectivity index (χ0) is 14.8. The number of nitrogens with two attached hydrogens (primary N) is 1. The lowest BCUT2D eigenvalue weighted by Gasteiger charge is -2.04. The number of rotatable bonds is 6. The Balaban J connectivity index is 2.04. The number of sulfonamides is 1. The Labute approximate surface area is 116 Å². The summed E-state index contributed by atoms with van der Waals surface area (Å²) in [6.45, 7) is 2.04. The highest BCUT2D eigenvalue weighted by atomic mass is 32.2. The maximum atomic E-state index is 12.1. The first-order valence-electron chi connectivity index (χ1n) is 6.02. The summed E-state index contributed by atoms with van der Waals surface area (Å²) in [5.41, 5.74) is 6.69. The highest BCUT2D eigenvalue weighted by Gasteiger charge is 2.22. The second-order valence-corrected chi connectivity index (χ2v) is 6.00. The van der Waals surface area contributed by atoms with Crippen LogP contribution in [-0.4, -0.2) is 39.9 Å². The standard InChI is InChI=1S/C10H17N7O2S/c1-7-8(5-11)10(15-14-7)20(18,19)13-4-3-9-12-6-17(2)16-9/h6,13H,3-5,11H2,1-2H3,(H,14,15). The Morgan fingerprint density at radius 2 is 2.25 bits per heavy atom. The highest BCUT2D eigenvalue weighted by molar-refractivity contribution is 7.89. The van der Waals surface area contributed by atoms with E-state index in [1.54, 1.807) is 25.0 Å². The van der Waals surface area contributed by atoms with Gasteiger partial charge >= 0.3 is 0 Å². The topological polar surface area (TPSA) is 132 Å². The van der Waals surface area contributed by atoms with Crippen molar-refractivity contribution in [3.8, 4) is 0 Å². The lowest BCUT2D eigenvalue weighted by atomic mass is 10.3. The molecule has 0 aliphatic rings. The van der Waals surface area contributed by atoms with Gasteiger partial charge in [0.15, 0.2) is 10.9 Å². The van der Waals surface area contributed by atoms with Crippen LogP contribution in [0.3, 0.4) is 0 Å². The van der Waals surface area contributed by atoms with E-state index in [0.717, 1.165) is 0 Å². The van der Waals surface area contributed by atoms with Gasteiger partial charge in [0.1, 0.15) is 6.33 Å². The maximum Gasteiger partial charge on any atom is 0.260 e. The molecule has 0 aliphatic carbocycles. The molecule has 0 fully saturated rings. The van der Waals surface area contributed by atoms with Crippen LogP contribution in [-0.2, 0) is 30.0 Å². The Morgan fingerprint density at radius 3 is 2.85 bits per heavy atom. The van der Waals surface area contributed by atoms with Crippen LogP contribution in [0, 0.1) is 6.92 Å². The number of aromatic amines is 1. The SMILES string of the molecule is Cc1[nH]nc(S(=O)(=O)NCCc2ncn(C)n2)c1CN. The molecule has 0 spiro atoms. The fourth-order valence-electron chi connectivity index (χ4n) is 1.76. The molecule has 0 atom stereocenters. The van der Waals surface area contributed by atoms with Crippen LogP contribution in [0.5, 0.6) is 0 Å². The quantitative estimate of drug-likeness (QED) is 0.615. The largest absolute Gasteiger partial charge is 0.326 e. The first-order chi connectivity index (χ1) is 9.44. The molecule has 0 bridgehead atoms. The van der Waals surface area contributed by atoms with Gasteiger partial charge in [0.25, 0.3) is 10.0 Å². The molecule has 0 saturated carbocycles. The molecule has 9 nitrogen and oxygen atoms in total. The second kappa shape index (κ2) is 5.69. The van der Waals surface area contributed by atoms with Crippen LogP contribution in [0.4, 0.5) is 0 Å². The zero-order valence-electron chi connectivity index (χ0n) is 11.3. The number of aromatic nitrogens is 5. The molecule has 0 amide bonds. The van der Waals surface area contributed by atoms with Gasteiger partial charge in [0, 0.05) is 37.8 Å². The lowest BCUT2D eigenvalue weighted by Crippen LogP contribution is -2.27. The Kier molecular flexibility index (Phi) is 4.16. The molecular weight excluding hydrogens is 282 g/mol. The molecule has 4 N–H and O–H groups in total. The average molecular weight is 299 g/mol. The predicted octanol–water partition coefficient (Wildman–Crippen LogP) is -1.17. The van der Waals surface area contributed by atoms with Crippen molar-refractivity contribution in [1.29, 1.82) is 0 Å². The van der Waals surface area contributed by atoms with Gasteiger partial charge in [0.2, 0.25) is 0 Å². The Morgan fingerprint density at radius 1 is 1.50 bits per heavy atom. The van der Waals surface area contributed by atoms with E-state index in [-0.39, 0.29) is 18.1 Å². The van der Waals surface area contributed by atoms with Crippen LogP contribution in [0.2, 0.25) is 0 Å². The molecule has 10 heteroatoms. The molecule has 0 unspecified atom stereocenters. The first kappa shape index (κ1) is 14.6. The maximum absolute atomic E-state index is 12.1. The minimum Gasteiger partial charge on any atom is -0.326 e. The number of nitrogens with zero attached hydrogens (tertiary/aromatic N) is 4. The number of nitrogens with one attached hydrogen (secondary N) is 2. The Hall–Kier alpha value is -1.78. The van der Waals surface area contributed by atoms with E-state index in [1.807, 2.05) is 0 Å². The number of hydrogen-bond donors (Lipinski definition) is 3. The molecule has 0 radical (unpaired) electrons. The van der Waals surface area contributed by atoms with Crippen molar-refractivity contribution in [2.75, 3.05) is 6.54 Å². The minimum absolute atomic E-state index is 0.0496. The molecule has 2 heterocycles. The summed E-state index contributed by atoms with van der Waals surface area (Å²) in [4.78, 5) is 4.02. The van der Waals surface area contributed by atoms with Crippen LogP contribution in [0.15, 0.2) is 11.4 Å². The van der Waals surface area contributed by atoms with Crippen LogP contribution >= 0.6 is 0 Å². The van der Waals surface area contributed by atoms with E-state index in [1.165, 1.54) is 0 Å². The Bertz CT molecular complexity index is 688. The predicted molar refractivity (Wildman–Crippen MR) is 71.1 cm³/mol. The van der Waals surface area contributed by atoms with Crippen LogP contribution < -0.4 is 10.5 Å². The number of aryl methyl sites for hydroxylation is 2. The van der Waals surface area contributed by atoms with E-state index in [4.69, 9.17) is 5.73 Å². The fraction of sp³-hybridized carbons (Fsp3) is 0.500. The van der Waals surface area contributed by atoms with Gasteiger partial charge in [-0.3, -0.25) is 9.78 Å². The van der Waals surface area contributed by atoms with E-state index in [9.17, 15) is 8.42 Å². The molecule has 0 aliphatic heterocycles. The van der Waals surface area contributed by atoms with Gasteiger partial charge in [-0.15, -0.1) is 0 Å². The van der Waals surface area contributed by atoms with Gasteiger partial charge in [0.05, 0.1) is 0 Å². The number of hydrogen-bond acceptors (Lipinski definition) is 6. The van der Waals surface area contributed by atoms with Gasteiger partial charge in [-0.2, -0.15) is 10.2 Å². The van der Waals surface area contributed by atoms with Gasteiger partial charge in [-0.1, -0.05) is 0 Å². The lowest BCUT2D eigenvalue weighted by molar-refractivity contribution is 0.575. The summed E-state index contributed by atoms with van der Waals surface area (Å²) >= 11 is 0. The molecule has 2 rings (SSSR count). The third kappa shape index (κ3) is 3.03. The van der Waals surface area contributed by atoms with Crippen molar-refractivity contribution in [2.24, 2.45) is 12.8 Å². The van der Waals surface area contributed by atoms with Crippen molar-refractivity contribution < 1.29 is 8.42 Å². The fourth-order valence-corrected chi connectivity index (χ4v) is 2.99. The van der Waals surface area contributed by atoms with Crippen molar-refractivity contribution in [1.82, 2.24) is 29.7 Å². The minimum atomic E-state index is -3.68. The van der Waals surface area contributed by atoms with E-state index in [0.29, 0.717) is 23.5 Å². The van der Waals surface area contributed by atoms with Crippen LogP contribution in [0.25, 0.3) is 0 Å². The van der Waals surface area contributed by atoms with E-state index < -0.39 is 10.0 Å². The normalized spacial score (nSPS) is 11.9. The molecule has 2 aromatic rings. The van der Waals surface area contributed by atoms with E-state index in [2.05, 4.69) is 25.0 Å². The third-order valence-corrected chi connectivity index (χ3v) is 4.21. The molecule has 0 aromatic carbocycles. The highest BCUT2D eigenvalue weighted by Crippen LogP contribution is 2.14. The summed E-state index contributed by atoms with van der Waals surface area (Å²) in [6, 6.07) is 0. The first-order valence-corrected chi connectivity index (χ1v) is 7.50. The third-order valence-electron chi connectivity index (χ3n) is 2.78. The summed E-state index contributed by atoms with van der Waals surface area (Å²) in [7, 11) is -1.93. The smallest absolute Gasteiger partial charge is 0.260 e. The van der Waals surface area contributed by atoms with Gasteiger partial charge in [-0.05, 0) is 6.92 Å². The average Bonchev–Trinajstić information content (AvgIpc) is 2.95. The molecular formula is C10H17N7O2S. The van der Waals surface area contributed by atoms with Gasteiger partial charge in [-0.25, -0.2) is 18.1 Å². The van der Waals surface area contributed by atoms with Crippen molar-refractivity contribution in [3.63, 3.8) is 0 Å². The van der Waals surface area contributed by atoms with E-state index >= 15 is 0 Å². The molecule has 0 saturated heterocycles. The summed E-state index contributed by atoms with van der Waals surface area (Å²) in [5, 5.41) is 10.4. The second-order valence-electron chi connectivity index (χ2n) is 4.32. The molecule has 2 aromatic heterocycles. The summed E-state index contributed by atoms with van der Waals surface area (Å²) in [5.74, 6) is 0.576. The van der Waals surface area contributed by atoms with Crippen molar-refractivity contribution in [2.45, 2.75) is 24.9 Å². The summed E-state index contributed by atoms with van der Waals surface area (Å²) in [6.07, 6.45) is 1.97. The number of H-pyrrole nitrogens is 1. The zero-order valence-corrected chi connectivity index (χ0v) is 12.1.